The Morgan fingerprint density at radius 3 is 2.43 bits per heavy atom. The summed E-state index contributed by atoms with van der Waals surface area (Å²) < 4.78 is 5.84. The van der Waals surface area contributed by atoms with Gasteiger partial charge in [0.15, 0.2) is 0 Å². The molecular formula is C19H33NO. The number of hydrogen-bond donors (Lipinski definition) is 1. The Morgan fingerprint density at radius 2 is 1.76 bits per heavy atom. The first-order valence-electron chi connectivity index (χ1n) is 8.36. The average Bonchev–Trinajstić information content (AvgIpc) is 2.41. The molecule has 0 spiro atoms. The Hall–Kier alpha value is -1.02. The van der Waals surface area contributed by atoms with Crippen molar-refractivity contribution in [2.45, 2.75) is 71.8 Å². The van der Waals surface area contributed by atoms with Gasteiger partial charge in [0, 0.05) is 5.54 Å². The van der Waals surface area contributed by atoms with Gasteiger partial charge in [-0.05, 0) is 63.8 Å². The normalized spacial score (nSPS) is 11.9. The number of rotatable bonds is 9. The zero-order chi connectivity index (χ0) is 15.7. The molecule has 2 nitrogen and oxygen atoms in total. The first kappa shape index (κ1) is 18.0. The van der Waals surface area contributed by atoms with Crippen LogP contribution < -0.4 is 10.1 Å². The van der Waals surface area contributed by atoms with Crippen LogP contribution in [0.5, 0.6) is 5.75 Å². The van der Waals surface area contributed by atoms with Crippen LogP contribution in [0.3, 0.4) is 0 Å². The number of hydrogen-bond acceptors (Lipinski definition) is 2. The molecule has 0 unspecified atom stereocenters. The molecule has 0 aliphatic heterocycles. The Kier molecular flexibility index (Phi) is 7.81. The molecule has 0 saturated carbocycles. The van der Waals surface area contributed by atoms with E-state index in [1.54, 1.807) is 0 Å². The minimum Gasteiger partial charge on any atom is -0.494 e. The lowest BCUT2D eigenvalue weighted by Gasteiger charge is -2.20. The summed E-state index contributed by atoms with van der Waals surface area (Å²) in [7, 11) is 0. The van der Waals surface area contributed by atoms with Gasteiger partial charge < -0.3 is 10.1 Å². The van der Waals surface area contributed by atoms with E-state index in [2.05, 4.69) is 64.2 Å². The van der Waals surface area contributed by atoms with Crippen LogP contribution in [0.4, 0.5) is 0 Å². The van der Waals surface area contributed by atoms with Crippen molar-refractivity contribution in [3.63, 3.8) is 0 Å². The van der Waals surface area contributed by atoms with Crippen LogP contribution in [-0.4, -0.2) is 18.7 Å². The molecule has 1 rings (SSSR count). The van der Waals surface area contributed by atoms with Gasteiger partial charge in [0.1, 0.15) is 5.75 Å². The molecular weight excluding hydrogens is 258 g/mol. The molecule has 0 atom stereocenters. The predicted molar refractivity (Wildman–Crippen MR) is 92.2 cm³/mol. The van der Waals surface area contributed by atoms with Gasteiger partial charge in [0.2, 0.25) is 0 Å². The highest BCUT2D eigenvalue weighted by Crippen LogP contribution is 2.20. The third kappa shape index (κ3) is 8.77. The number of ether oxygens (including phenoxy) is 1. The van der Waals surface area contributed by atoms with Crippen LogP contribution in [0, 0.1) is 0 Å². The molecule has 0 aliphatic rings. The monoisotopic (exact) mass is 291 g/mol. The lowest BCUT2D eigenvalue weighted by atomic mass is 10.0. The van der Waals surface area contributed by atoms with E-state index >= 15 is 0 Å². The van der Waals surface area contributed by atoms with Gasteiger partial charge in [-0.3, -0.25) is 0 Å². The summed E-state index contributed by atoms with van der Waals surface area (Å²) >= 11 is 0. The highest BCUT2D eigenvalue weighted by Gasteiger charge is 2.06. The van der Waals surface area contributed by atoms with Crippen LogP contribution in [0.2, 0.25) is 0 Å². The number of nitrogens with one attached hydrogen (secondary N) is 1. The molecule has 1 N–H and O–H groups in total. The van der Waals surface area contributed by atoms with E-state index in [0.717, 1.165) is 25.3 Å². The van der Waals surface area contributed by atoms with E-state index < -0.39 is 0 Å². The second kappa shape index (κ2) is 9.09. The summed E-state index contributed by atoms with van der Waals surface area (Å²) in [5.74, 6) is 1.57. The first-order chi connectivity index (χ1) is 9.88. The third-order valence-electron chi connectivity index (χ3n) is 3.52. The van der Waals surface area contributed by atoms with Crippen molar-refractivity contribution in [1.82, 2.24) is 5.32 Å². The maximum Gasteiger partial charge on any atom is 0.119 e. The maximum atomic E-state index is 5.84. The summed E-state index contributed by atoms with van der Waals surface area (Å²) in [6, 6.07) is 8.47. The summed E-state index contributed by atoms with van der Waals surface area (Å²) in [6.45, 7) is 13.0. The van der Waals surface area contributed by atoms with Gasteiger partial charge in [-0.25, -0.2) is 0 Å². The van der Waals surface area contributed by atoms with Gasteiger partial charge in [0.25, 0.3) is 0 Å². The molecule has 0 radical (unpaired) electrons. The molecule has 0 aliphatic carbocycles. The van der Waals surface area contributed by atoms with E-state index in [9.17, 15) is 0 Å². The zero-order valence-corrected chi connectivity index (χ0v) is 14.5. The second-order valence-electron chi connectivity index (χ2n) is 7.17. The fourth-order valence-corrected chi connectivity index (χ4v) is 2.20. The van der Waals surface area contributed by atoms with Gasteiger partial charge in [-0.15, -0.1) is 0 Å². The van der Waals surface area contributed by atoms with E-state index in [1.807, 2.05) is 0 Å². The molecule has 21 heavy (non-hydrogen) atoms. The highest BCUT2D eigenvalue weighted by atomic mass is 16.5. The summed E-state index contributed by atoms with van der Waals surface area (Å²) in [5.41, 5.74) is 1.59. The minimum atomic E-state index is 0.241. The average molecular weight is 291 g/mol. The van der Waals surface area contributed by atoms with Crippen LogP contribution in [-0.2, 0) is 0 Å². The summed E-state index contributed by atoms with van der Waals surface area (Å²) in [5, 5.41) is 3.52. The minimum absolute atomic E-state index is 0.241. The Morgan fingerprint density at radius 1 is 1.05 bits per heavy atom. The fourth-order valence-electron chi connectivity index (χ4n) is 2.20. The Labute approximate surface area is 131 Å². The molecule has 0 bridgehead atoms. The number of unbranched alkanes of at least 4 members (excludes halogenated alkanes) is 3. The van der Waals surface area contributed by atoms with Gasteiger partial charge in [-0.1, -0.05) is 38.8 Å². The molecule has 1 aromatic carbocycles. The summed E-state index contributed by atoms with van der Waals surface area (Å²) in [6.07, 6.45) is 4.91. The summed E-state index contributed by atoms with van der Waals surface area (Å²) in [4.78, 5) is 0. The van der Waals surface area contributed by atoms with Crippen molar-refractivity contribution in [2.75, 3.05) is 13.2 Å². The van der Waals surface area contributed by atoms with Gasteiger partial charge >= 0.3 is 0 Å². The van der Waals surface area contributed by atoms with Crippen molar-refractivity contribution in [2.24, 2.45) is 0 Å². The van der Waals surface area contributed by atoms with E-state index in [1.165, 1.54) is 24.8 Å². The van der Waals surface area contributed by atoms with Crippen LogP contribution in [0.15, 0.2) is 24.3 Å². The second-order valence-corrected chi connectivity index (χ2v) is 7.17. The van der Waals surface area contributed by atoms with Crippen molar-refractivity contribution in [3.8, 4) is 5.75 Å². The first-order valence-corrected chi connectivity index (χ1v) is 8.36. The van der Waals surface area contributed by atoms with E-state index in [0.29, 0.717) is 5.92 Å². The Balaban J connectivity index is 2.08. The largest absolute Gasteiger partial charge is 0.494 e. The maximum absolute atomic E-state index is 5.84. The lowest BCUT2D eigenvalue weighted by molar-refractivity contribution is 0.303. The van der Waals surface area contributed by atoms with Crippen LogP contribution in [0.25, 0.3) is 0 Å². The standard InChI is InChI=1S/C19H33NO/c1-16(2)17-11-10-12-18(15-17)21-14-9-7-6-8-13-20-19(3,4)5/h10-12,15-16,20H,6-9,13-14H2,1-5H3. The molecule has 2 heteroatoms. The fraction of sp³-hybridized carbons (Fsp3) is 0.684. The number of benzene rings is 1. The molecule has 0 amide bonds. The molecule has 0 saturated heterocycles. The van der Waals surface area contributed by atoms with Crippen molar-refractivity contribution in [1.29, 1.82) is 0 Å². The predicted octanol–water partition coefficient (Wildman–Crippen LogP) is 5.14. The smallest absolute Gasteiger partial charge is 0.119 e. The van der Waals surface area contributed by atoms with Gasteiger partial charge in [-0.2, -0.15) is 0 Å². The van der Waals surface area contributed by atoms with E-state index in [4.69, 9.17) is 4.74 Å². The zero-order valence-electron chi connectivity index (χ0n) is 14.5. The van der Waals surface area contributed by atoms with Crippen molar-refractivity contribution >= 4 is 0 Å². The molecule has 0 heterocycles. The molecule has 120 valence electrons. The van der Waals surface area contributed by atoms with Crippen molar-refractivity contribution in [3.05, 3.63) is 29.8 Å². The van der Waals surface area contributed by atoms with Crippen LogP contribution >= 0.6 is 0 Å². The van der Waals surface area contributed by atoms with Crippen LogP contribution in [0.1, 0.15) is 71.8 Å². The molecule has 0 fully saturated rings. The third-order valence-corrected chi connectivity index (χ3v) is 3.52. The van der Waals surface area contributed by atoms with E-state index in [-0.39, 0.29) is 5.54 Å². The van der Waals surface area contributed by atoms with Crippen molar-refractivity contribution < 1.29 is 4.74 Å². The highest BCUT2D eigenvalue weighted by molar-refractivity contribution is 5.30. The molecule has 1 aromatic rings. The topological polar surface area (TPSA) is 21.3 Å². The molecule has 0 aromatic heterocycles. The SMILES string of the molecule is CC(C)c1cccc(OCCCCCCNC(C)(C)C)c1. The Bertz CT molecular complexity index is 393. The van der Waals surface area contributed by atoms with Gasteiger partial charge in [0.05, 0.1) is 6.61 Å². The lowest BCUT2D eigenvalue weighted by Crippen LogP contribution is -2.36. The quantitative estimate of drug-likeness (QED) is 0.636.